The SMILES string of the molecule is CCCNC(=O)/C(C)=C/c1ccc2[nH]cc(Cc3ccc(C(=O)OC)cc3OC)c2c1. The highest BCUT2D eigenvalue weighted by atomic mass is 16.5. The number of fused-ring (bicyclic) bond motifs is 1. The summed E-state index contributed by atoms with van der Waals surface area (Å²) in [7, 11) is 2.94. The fourth-order valence-corrected chi connectivity index (χ4v) is 3.47. The highest BCUT2D eigenvalue weighted by Crippen LogP contribution is 2.28. The van der Waals surface area contributed by atoms with E-state index in [0.29, 0.717) is 29.9 Å². The molecule has 0 unspecified atom stereocenters. The predicted octanol–water partition coefficient (Wildman–Crippen LogP) is 4.48. The van der Waals surface area contributed by atoms with Crippen LogP contribution in [0.4, 0.5) is 0 Å². The molecule has 6 nitrogen and oxygen atoms in total. The van der Waals surface area contributed by atoms with Gasteiger partial charge in [-0.1, -0.05) is 19.1 Å². The Labute approximate surface area is 182 Å². The average Bonchev–Trinajstić information content (AvgIpc) is 3.18. The maximum atomic E-state index is 12.2. The van der Waals surface area contributed by atoms with Gasteiger partial charge in [0, 0.05) is 35.6 Å². The predicted molar refractivity (Wildman–Crippen MR) is 122 cm³/mol. The minimum atomic E-state index is -0.397. The van der Waals surface area contributed by atoms with E-state index in [1.54, 1.807) is 19.2 Å². The summed E-state index contributed by atoms with van der Waals surface area (Å²) >= 11 is 0. The molecule has 0 bridgehead atoms. The van der Waals surface area contributed by atoms with Crippen LogP contribution in [0.3, 0.4) is 0 Å². The van der Waals surface area contributed by atoms with E-state index in [2.05, 4.69) is 16.4 Å². The van der Waals surface area contributed by atoms with E-state index in [4.69, 9.17) is 9.47 Å². The molecule has 1 amide bonds. The summed E-state index contributed by atoms with van der Waals surface area (Å²) in [4.78, 5) is 27.3. The molecule has 2 N–H and O–H groups in total. The molecule has 1 heterocycles. The molecule has 6 heteroatoms. The fourth-order valence-electron chi connectivity index (χ4n) is 3.47. The second kappa shape index (κ2) is 9.98. The summed E-state index contributed by atoms with van der Waals surface area (Å²) < 4.78 is 10.3. The molecule has 3 rings (SSSR count). The molecule has 0 aliphatic heterocycles. The molecule has 2 aromatic carbocycles. The first-order valence-electron chi connectivity index (χ1n) is 10.3. The maximum absolute atomic E-state index is 12.2. The lowest BCUT2D eigenvalue weighted by atomic mass is 10.00. The van der Waals surface area contributed by atoms with Crippen LogP contribution in [0.15, 0.2) is 48.2 Å². The highest BCUT2D eigenvalue weighted by molar-refractivity contribution is 5.98. The van der Waals surface area contributed by atoms with Gasteiger partial charge in [0.25, 0.3) is 0 Å². The van der Waals surface area contributed by atoms with Crippen LogP contribution in [0.1, 0.15) is 47.3 Å². The molecule has 0 aliphatic carbocycles. The van der Waals surface area contributed by atoms with Crippen molar-refractivity contribution in [1.82, 2.24) is 10.3 Å². The minimum absolute atomic E-state index is 0.0494. The van der Waals surface area contributed by atoms with E-state index >= 15 is 0 Å². The topological polar surface area (TPSA) is 80.4 Å². The number of hydrogen-bond acceptors (Lipinski definition) is 4. The molecule has 31 heavy (non-hydrogen) atoms. The van der Waals surface area contributed by atoms with Crippen LogP contribution in [0.5, 0.6) is 5.75 Å². The molecule has 0 fully saturated rings. The first-order chi connectivity index (χ1) is 15.0. The quantitative estimate of drug-likeness (QED) is 0.416. The third kappa shape index (κ3) is 5.15. The number of carbonyl (C=O) groups is 2. The number of methoxy groups -OCH3 is 2. The number of carbonyl (C=O) groups excluding carboxylic acids is 2. The van der Waals surface area contributed by atoms with Crippen LogP contribution in [-0.4, -0.2) is 37.6 Å². The zero-order valence-corrected chi connectivity index (χ0v) is 18.4. The molecule has 0 saturated carbocycles. The number of ether oxygens (including phenoxy) is 2. The number of hydrogen-bond donors (Lipinski definition) is 2. The van der Waals surface area contributed by atoms with Gasteiger partial charge in [-0.2, -0.15) is 0 Å². The zero-order chi connectivity index (χ0) is 22.4. The number of rotatable bonds is 8. The Kier molecular flexibility index (Phi) is 7.13. The Morgan fingerprint density at radius 1 is 1.10 bits per heavy atom. The van der Waals surface area contributed by atoms with Crippen molar-refractivity contribution < 1.29 is 19.1 Å². The average molecular weight is 421 g/mol. The third-order valence-electron chi connectivity index (χ3n) is 5.16. The number of esters is 1. The van der Waals surface area contributed by atoms with Crippen molar-refractivity contribution in [3.8, 4) is 5.75 Å². The lowest BCUT2D eigenvalue weighted by Gasteiger charge is -2.10. The Hall–Kier alpha value is -3.54. The summed E-state index contributed by atoms with van der Waals surface area (Å²) in [5, 5.41) is 3.98. The number of benzene rings is 2. The van der Waals surface area contributed by atoms with Gasteiger partial charge in [-0.05, 0) is 60.4 Å². The molecular formula is C25H28N2O4. The molecule has 1 aromatic heterocycles. The van der Waals surface area contributed by atoms with E-state index in [9.17, 15) is 9.59 Å². The first kappa shape index (κ1) is 22.2. The van der Waals surface area contributed by atoms with Crippen molar-refractivity contribution in [2.45, 2.75) is 26.7 Å². The summed E-state index contributed by atoms with van der Waals surface area (Å²) in [6.45, 7) is 4.52. The minimum Gasteiger partial charge on any atom is -0.496 e. The smallest absolute Gasteiger partial charge is 0.337 e. The van der Waals surface area contributed by atoms with Crippen LogP contribution >= 0.6 is 0 Å². The van der Waals surface area contributed by atoms with Gasteiger partial charge < -0.3 is 19.8 Å². The van der Waals surface area contributed by atoms with Crippen molar-refractivity contribution >= 4 is 28.9 Å². The van der Waals surface area contributed by atoms with Crippen LogP contribution < -0.4 is 10.1 Å². The van der Waals surface area contributed by atoms with Crippen LogP contribution in [0, 0.1) is 0 Å². The van der Waals surface area contributed by atoms with E-state index in [1.807, 2.05) is 44.3 Å². The molecule has 0 atom stereocenters. The van der Waals surface area contributed by atoms with Gasteiger partial charge in [-0.15, -0.1) is 0 Å². The summed E-state index contributed by atoms with van der Waals surface area (Å²) in [6, 6.07) is 11.4. The summed E-state index contributed by atoms with van der Waals surface area (Å²) in [6.07, 6.45) is 5.41. The molecule has 162 valence electrons. The van der Waals surface area contributed by atoms with Gasteiger partial charge in [-0.25, -0.2) is 4.79 Å². The van der Waals surface area contributed by atoms with E-state index in [1.165, 1.54) is 7.11 Å². The molecule has 3 aromatic rings. The second-order valence-corrected chi connectivity index (χ2v) is 7.40. The van der Waals surface area contributed by atoms with Crippen LogP contribution in [0.25, 0.3) is 17.0 Å². The van der Waals surface area contributed by atoms with E-state index in [-0.39, 0.29) is 5.91 Å². The van der Waals surface area contributed by atoms with Gasteiger partial charge in [0.15, 0.2) is 0 Å². The number of nitrogens with one attached hydrogen (secondary N) is 2. The van der Waals surface area contributed by atoms with Crippen molar-refractivity contribution in [2.24, 2.45) is 0 Å². The number of H-pyrrole nitrogens is 1. The van der Waals surface area contributed by atoms with E-state index in [0.717, 1.165) is 34.0 Å². The first-order valence-corrected chi connectivity index (χ1v) is 10.3. The van der Waals surface area contributed by atoms with Crippen molar-refractivity contribution in [3.05, 3.63) is 70.4 Å². The number of aromatic nitrogens is 1. The Bertz CT molecular complexity index is 1130. The summed E-state index contributed by atoms with van der Waals surface area (Å²) in [5.74, 6) is 0.190. The van der Waals surface area contributed by atoms with E-state index < -0.39 is 5.97 Å². The van der Waals surface area contributed by atoms with Crippen molar-refractivity contribution in [1.29, 1.82) is 0 Å². The fraction of sp³-hybridized carbons (Fsp3) is 0.280. The molecule has 0 radical (unpaired) electrons. The van der Waals surface area contributed by atoms with Gasteiger partial charge >= 0.3 is 5.97 Å². The van der Waals surface area contributed by atoms with Crippen molar-refractivity contribution in [3.63, 3.8) is 0 Å². The standard InChI is InChI=1S/C25H28N2O4/c1-5-10-26-24(28)16(2)11-17-6-9-22-21(12-17)20(15-27-22)13-18-7-8-19(25(29)31-4)14-23(18)30-3/h6-9,11-12,14-15,27H,5,10,13H2,1-4H3,(H,26,28)/b16-11+. The largest absolute Gasteiger partial charge is 0.496 e. The maximum Gasteiger partial charge on any atom is 0.337 e. The van der Waals surface area contributed by atoms with Crippen LogP contribution in [-0.2, 0) is 16.0 Å². The van der Waals surface area contributed by atoms with Gasteiger partial charge in [0.05, 0.1) is 19.8 Å². The number of amides is 1. The third-order valence-corrected chi connectivity index (χ3v) is 5.16. The molecule has 0 aliphatic rings. The van der Waals surface area contributed by atoms with Gasteiger partial charge in [-0.3, -0.25) is 4.79 Å². The molecular weight excluding hydrogens is 392 g/mol. The second-order valence-electron chi connectivity index (χ2n) is 7.40. The van der Waals surface area contributed by atoms with Crippen molar-refractivity contribution in [2.75, 3.05) is 20.8 Å². The Morgan fingerprint density at radius 2 is 1.90 bits per heavy atom. The molecule has 0 saturated heterocycles. The number of aromatic amines is 1. The monoisotopic (exact) mass is 420 g/mol. The lowest BCUT2D eigenvalue weighted by Crippen LogP contribution is -2.24. The molecule has 0 spiro atoms. The Balaban J connectivity index is 1.90. The Morgan fingerprint density at radius 3 is 2.61 bits per heavy atom. The normalized spacial score (nSPS) is 11.4. The summed E-state index contributed by atoms with van der Waals surface area (Å²) in [5.41, 5.74) is 5.17. The zero-order valence-electron chi connectivity index (χ0n) is 18.4. The van der Waals surface area contributed by atoms with Gasteiger partial charge in [0.2, 0.25) is 5.91 Å². The highest BCUT2D eigenvalue weighted by Gasteiger charge is 2.13. The lowest BCUT2D eigenvalue weighted by molar-refractivity contribution is -0.117. The van der Waals surface area contributed by atoms with Crippen LogP contribution in [0.2, 0.25) is 0 Å². The van der Waals surface area contributed by atoms with Gasteiger partial charge in [0.1, 0.15) is 5.75 Å².